The number of hydrogen-bond donors (Lipinski definition) is 2. The predicted molar refractivity (Wildman–Crippen MR) is 132 cm³/mol. The van der Waals surface area contributed by atoms with Gasteiger partial charge in [0.2, 0.25) is 0 Å². The Labute approximate surface area is 203 Å². The van der Waals surface area contributed by atoms with E-state index in [4.69, 9.17) is 9.47 Å². The lowest BCUT2D eigenvalue weighted by molar-refractivity contribution is 0.00448. The largest absolute Gasteiger partial charge is 0.508 e. The second kappa shape index (κ2) is 10.6. The van der Waals surface area contributed by atoms with Crippen LogP contribution in [0, 0.1) is 0 Å². The van der Waals surface area contributed by atoms with E-state index in [1.807, 2.05) is 0 Å². The Morgan fingerprint density at radius 2 is 0.943 bits per heavy atom. The van der Waals surface area contributed by atoms with Gasteiger partial charge in [-0.05, 0) is 77.7 Å². The first-order valence-electron chi connectivity index (χ1n) is 11.1. The molecule has 4 aromatic carbocycles. The number of aromatic hydroxyl groups is 2. The molecule has 0 spiro atoms. The van der Waals surface area contributed by atoms with E-state index >= 15 is 0 Å². The first kappa shape index (κ1) is 23.6. The Bertz CT molecular complexity index is 1290. The normalized spacial score (nSPS) is 11.5. The van der Waals surface area contributed by atoms with Crippen molar-refractivity contribution in [3.63, 3.8) is 0 Å². The van der Waals surface area contributed by atoms with Crippen molar-refractivity contribution in [3.8, 4) is 33.8 Å². The van der Waals surface area contributed by atoms with E-state index < -0.39 is 18.0 Å². The summed E-state index contributed by atoms with van der Waals surface area (Å²) in [7, 11) is 0. The van der Waals surface area contributed by atoms with Crippen LogP contribution in [0.1, 0.15) is 27.6 Å². The number of hydrogen-bond acceptors (Lipinski definition) is 6. The SMILES string of the molecule is CC(COC(=O)c1ccc(-c2ccc(O)cc2)cc1)OC(=O)c1ccc(-c2ccc(O)cc2)cc1. The molecule has 0 aromatic heterocycles. The van der Waals surface area contributed by atoms with Crippen LogP contribution in [0.3, 0.4) is 0 Å². The van der Waals surface area contributed by atoms with Crippen LogP contribution in [0.2, 0.25) is 0 Å². The van der Waals surface area contributed by atoms with Gasteiger partial charge in [0.05, 0.1) is 11.1 Å². The average molecular weight is 469 g/mol. The van der Waals surface area contributed by atoms with Crippen LogP contribution in [0.5, 0.6) is 11.5 Å². The van der Waals surface area contributed by atoms with Gasteiger partial charge in [0.25, 0.3) is 0 Å². The Hall–Kier alpha value is -4.58. The van der Waals surface area contributed by atoms with Crippen LogP contribution in [0.4, 0.5) is 0 Å². The zero-order valence-electron chi connectivity index (χ0n) is 19.0. The molecule has 1 unspecified atom stereocenters. The summed E-state index contributed by atoms with van der Waals surface area (Å²) in [5, 5.41) is 18.8. The van der Waals surface area contributed by atoms with Crippen molar-refractivity contribution in [1.82, 2.24) is 0 Å². The summed E-state index contributed by atoms with van der Waals surface area (Å²) >= 11 is 0. The number of benzene rings is 4. The van der Waals surface area contributed by atoms with Gasteiger partial charge in [-0.25, -0.2) is 9.59 Å². The third kappa shape index (κ3) is 6.06. The molecule has 0 amide bonds. The Balaban J connectivity index is 1.28. The third-order valence-corrected chi connectivity index (χ3v) is 5.40. The van der Waals surface area contributed by atoms with Crippen LogP contribution >= 0.6 is 0 Å². The molecule has 2 N–H and O–H groups in total. The molecular formula is C29H24O6. The number of rotatable bonds is 7. The lowest BCUT2D eigenvalue weighted by atomic mass is 10.0. The van der Waals surface area contributed by atoms with Crippen LogP contribution in [-0.2, 0) is 9.47 Å². The molecule has 0 aliphatic heterocycles. The van der Waals surface area contributed by atoms with E-state index in [0.29, 0.717) is 11.1 Å². The molecule has 4 rings (SSSR count). The van der Waals surface area contributed by atoms with Gasteiger partial charge >= 0.3 is 11.9 Å². The van der Waals surface area contributed by atoms with E-state index in [1.165, 1.54) is 0 Å². The van der Waals surface area contributed by atoms with Gasteiger partial charge in [0.15, 0.2) is 0 Å². The minimum Gasteiger partial charge on any atom is -0.508 e. The monoisotopic (exact) mass is 468 g/mol. The molecule has 0 radical (unpaired) electrons. The summed E-state index contributed by atoms with van der Waals surface area (Å²) in [6.07, 6.45) is -0.625. The summed E-state index contributed by atoms with van der Waals surface area (Å²) in [5.74, 6) is -0.642. The highest BCUT2D eigenvalue weighted by Gasteiger charge is 2.15. The van der Waals surface area contributed by atoms with Crippen molar-refractivity contribution in [2.45, 2.75) is 13.0 Å². The number of ether oxygens (including phenoxy) is 2. The van der Waals surface area contributed by atoms with E-state index in [0.717, 1.165) is 22.3 Å². The standard InChI is InChI=1S/C29H24O6/c1-19(35-29(33)25-8-4-21(5-9-25)23-12-16-27(31)17-13-23)18-34-28(32)24-6-2-20(3-7-24)22-10-14-26(30)15-11-22/h2-17,19,30-31H,18H2,1H3. The summed E-state index contributed by atoms with van der Waals surface area (Å²) in [6, 6.07) is 27.4. The van der Waals surface area contributed by atoms with E-state index in [9.17, 15) is 19.8 Å². The van der Waals surface area contributed by atoms with Crippen LogP contribution in [0.15, 0.2) is 97.1 Å². The smallest absolute Gasteiger partial charge is 0.338 e. The second-order valence-corrected chi connectivity index (χ2v) is 8.06. The predicted octanol–water partition coefficient (Wildman–Crippen LogP) is 5.83. The van der Waals surface area contributed by atoms with E-state index in [2.05, 4.69) is 0 Å². The minimum atomic E-state index is -0.625. The molecule has 0 saturated carbocycles. The maximum atomic E-state index is 12.4. The highest BCUT2D eigenvalue weighted by molar-refractivity contribution is 5.91. The molecule has 176 valence electrons. The molecule has 0 saturated heterocycles. The van der Waals surface area contributed by atoms with Crippen molar-refractivity contribution >= 4 is 11.9 Å². The summed E-state index contributed by atoms with van der Waals surface area (Å²) in [6.45, 7) is 1.58. The summed E-state index contributed by atoms with van der Waals surface area (Å²) in [5.41, 5.74) is 4.41. The number of carbonyl (C=O) groups is 2. The lowest BCUT2D eigenvalue weighted by Gasteiger charge is -2.14. The summed E-state index contributed by atoms with van der Waals surface area (Å²) in [4.78, 5) is 24.8. The molecule has 0 aliphatic rings. The Morgan fingerprint density at radius 3 is 1.34 bits per heavy atom. The quantitative estimate of drug-likeness (QED) is 0.331. The van der Waals surface area contributed by atoms with Gasteiger partial charge in [0, 0.05) is 0 Å². The van der Waals surface area contributed by atoms with Gasteiger partial charge in [0.1, 0.15) is 24.2 Å². The molecule has 0 heterocycles. The van der Waals surface area contributed by atoms with Gasteiger partial charge in [-0.15, -0.1) is 0 Å². The fourth-order valence-corrected chi connectivity index (χ4v) is 3.47. The summed E-state index contributed by atoms with van der Waals surface area (Å²) < 4.78 is 10.7. The molecule has 6 nitrogen and oxygen atoms in total. The highest BCUT2D eigenvalue weighted by atomic mass is 16.6. The third-order valence-electron chi connectivity index (χ3n) is 5.40. The molecule has 6 heteroatoms. The molecule has 0 aliphatic carbocycles. The second-order valence-electron chi connectivity index (χ2n) is 8.06. The fraction of sp³-hybridized carbons (Fsp3) is 0.103. The molecule has 1 atom stereocenters. The van der Waals surface area contributed by atoms with Crippen molar-refractivity contribution in [1.29, 1.82) is 0 Å². The minimum absolute atomic E-state index is 0.0735. The molecule has 4 aromatic rings. The van der Waals surface area contributed by atoms with Crippen molar-refractivity contribution < 1.29 is 29.3 Å². The Morgan fingerprint density at radius 1 is 0.600 bits per heavy atom. The number of phenolic OH excluding ortho intramolecular Hbond substituents is 2. The molecular weight excluding hydrogens is 444 g/mol. The average Bonchev–Trinajstić information content (AvgIpc) is 2.88. The van der Waals surface area contributed by atoms with Crippen molar-refractivity contribution in [3.05, 3.63) is 108 Å². The Kier molecular flexibility index (Phi) is 7.12. The van der Waals surface area contributed by atoms with Crippen LogP contribution < -0.4 is 0 Å². The van der Waals surface area contributed by atoms with E-state index in [-0.39, 0.29) is 18.1 Å². The van der Waals surface area contributed by atoms with Gasteiger partial charge in [-0.2, -0.15) is 0 Å². The van der Waals surface area contributed by atoms with Gasteiger partial charge < -0.3 is 19.7 Å². The van der Waals surface area contributed by atoms with Gasteiger partial charge in [-0.1, -0.05) is 48.5 Å². The van der Waals surface area contributed by atoms with Crippen molar-refractivity contribution in [2.75, 3.05) is 6.61 Å². The highest BCUT2D eigenvalue weighted by Crippen LogP contribution is 2.24. The maximum Gasteiger partial charge on any atom is 0.338 e. The van der Waals surface area contributed by atoms with Crippen LogP contribution in [-0.4, -0.2) is 34.9 Å². The molecule has 0 bridgehead atoms. The number of esters is 2. The molecule has 35 heavy (non-hydrogen) atoms. The fourth-order valence-electron chi connectivity index (χ4n) is 3.47. The zero-order valence-corrected chi connectivity index (χ0v) is 19.0. The zero-order chi connectivity index (χ0) is 24.8. The number of phenols is 2. The maximum absolute atomic E-state index is 12.4. The lowest BCUT2D eigenvalue weighted by Crippen LogP contribution is -2.22. The number of carbonyl (C=O) groups excluding carboxylic acids is 2. The van der Waals surface area contributed by atoms with Crippen molar-refractivity contribution in [2.24, 2.45) is 0 Å². The van der Waals surface area contributed by atoms with Crippen LogP contribution in [0.25, 0.3) is 22.3 Å². The first-order chi connectivity index (χ1) is 16.9. The van der Waals surface area contributed by atoms with Gasteiger partial charge in [-0.3, -0.25) is 0 Å². The topological polar surface area (TPSA) is 93.1 Å². The molecule has 0 fully saturated rings. The van der Waals surface area contributed by atoms with E-state index in [1.54, 1.807) is 104 Å². The first-order valence-corrected chi connectivity index (χ1v) is 11.1.